The molecule has 1 N–H and O–H groups in total. The Balaban J connectivity index is 2.75. The van der Waals surface area contributed by atoms with E-state index in [4.69, 9.17) is 16.3 Å². The lowest BCUT2D eigenvalue weighted by Gasteiger charge is -2.08. The fourth-order valence-corrected chi connectivity index (χ4v) is 3.32. The molecule has 0 bridgehead atoms. The summed E-state index contributed by atoms with van der Waals surface area (Å²) in [5, 5.41) is 4.23. The first-order chi connectivity index (χ1) is 15.6. The molecular formula is C24H33ClN4O3S. The molecule has 1 heterocycles. The maximum Gasteiger partial charge on any atom is 0.312 e. The predicted molar refractivity (Wildman–Crippen MR) is 138 cm³/mol. The number of hydrogen-bond donors (Lipinski definition) is 1. The van der Waals surface area contributed by atoms with Gasteiger partial charge < -0.3 is 10.2 Å². The lowest BCUT2D eigenvalue weighted by Crippen LogP contribution is -2.18. The van der Waals surface area contributed by atoms with E-state index in [2.05, 4.69) is 27.1 Å². The van der Waals surface area contributed by atoms with Gasteiger partial charge >= 0.3 is 5.97 Å². The van der Waals surface area contributed by atoms with Gasteiger partial charge in [0.25, 0.3) is 0 Å². The zero-order valence-electron chi connectivity index (χ0n) is 20.0. The van der Waals surface area contributed by atoms with Crippen LogP contribution in [0, 0.1) is 5.92 Å². The van der Waals surface area contributed by atoms with Gasteiger partial charge in [-0.2, -0.15) is 0 Å². The maximum atomic E-state index is 11.8. The molecule has 180 valence electrons. The van der Waals surface area contributed by atoms with Crippen LogP contribution in [0.4, 0.5) is 0 Å². The Bertz CT molecular complexity index is 945. The third kappa shape index (κ3) is 12.3. The number of hydrazone groups is 1. The molecule has 0 amide bonds. The van der Waals surface area contributed by atoms with E-state index >= 15 is 0 Å². The third-order valence-corrected chi connectivity index (χ3v) is 5.51. The van der Waals surface area contributed by atoms with E-state index in [1.807, 2.05) is 26.0 Å². The highest BCUT2D eigenvalue weighted by molar-refractivity contribution is 7.16. The van der Waals surface area contributed by atoms with E-state index < -0.39 is 0 Å². The Morgan fingerprint density at radius 3 is 2.55 bits per heavy atom. The topological polar surface area (TPSA) is 92.5 Å². The molecule has 1 rings (SSSR count). The molecule has 0 saturated carbocycles. The minimum Gasteiger partial charge on any atom is -0.410 e. The number of rotatable bonds is 13. The molecule has 0 radical (unpaired) electrons. The minimum atomic E-state index is -0.356. The van der Waals surface area contributed by atoms with Crippen LogP contribution in [0.3, 0.4) is 0 Å². The number of allylic oxidation sites excluding steroid dienone is 2. The molecule has 0 aliphatic rings. The molecule has 1 aromatic heterocycles. The zero-order valence-corrected chi connectivity index (χ0v) is 21.6. The first kappa shape index (κ1) is 28.5. The molecule has 0 aliphatic carbocycles. The van der Waals surface area contributed by atoms with Crippen LogP contribution in [-0.2, 0) is 20.7 Å². The summed E-state index contributed by atoms with van der Waals surface area (Å²) in [6.07, 6.45) is 5.17. The van der Waals surface area contributed by atoms with Crippen LogP contribution < -0.4 is 5.43 Å². The van der Waals surface area contributed by atoms with Crippen LogP contribution in [0.2, 0.25) is 4.34 Å². The molecule has 1 aromatic rings. The average Bonchev–Trinajstić information content (AvgIpc) is 3.18. The van der Waals surface area contributed by atoms with Crippen LogP contribution in [-0.4, -0.2) is 36.6 Å². The summed E-state index contributed by atoms with van der Waals surface area (Å²) in [4.78, 5) is 33.3. The lowest BCUT2D eigenvalue weighted by molar-refractivity contribution is -0.135. The zero-order chi connectivity index (χ0) is 24.8. The van der Waals surface area contributed by atoms with E-state index in [0.717, 1.165) is 15.6 Å². The second-order valence-corrected chi connectivity index (χ2v) is 9.44. The summed E-state index contributed by atoms with van der Waals surface area (Å²) in [5.74, 6) is 0.429. The van der Waals surface area contributed by atoms with Gasteiger partial charge in [-0.15, -0.1) is 16.4 Å². The summed E-state index contributed by atoms with van der Waals surface area (Å²) in [5.41, 5.74) is 4.12. The Hall–Kier alpha value is -2.58. The Labute approximate surface area is 205 Å². The summed E-state index contributed by atoms with van der Waals surface area (Å²) >= 11 is 7.47. The largest absolute Gasteiger partial charge is 0.410 e. The molecule has 7 nitrogen and oxygen atoms in total. The molecule has 9 heteroatoms. The molecule has 0 aliphatic heterocycles. The highest BCUT2D eigenvalue weighted by Crippen LogP contribution is 2.21. The van der Waals surface area contributed by atoms with Gasteiger partial charge in [0.2, 0.25) is 5.90 Å². The summed E-state index contributed by atoms with van der Waals surface area (Å²) in [6, 6.07) is 3.83. The van der Waals surface area contributed by atoms with E-state index in [9.17, 15) is 9.59 Å². The number of hydrogen-bond acceptors (Lipinski definition) is 8. The maximum absolute atomic E-state index is 11.8. The smallest absolute Gasteiger partial charge is 0.312 e. The molecule has 0 aromatic carbocycles. The SMILES string of the molecule is C=C(C=N/C(N=CC(C)C)=C(/C)C(C)=O)CC/C(=N/NCCc1ccc(Cl)s1)OC(=O)CC. The number of thiophene rings is 1. The van der Waals surface area contributed by atoms with E-state index in [1.54, 1.807) is 26.3 Å². The number of carbonyl (C=O) groups is 2. The van der Waals surface area contributed by atoms with E-state index in [1.165, 1.54) is 18.3 Å². The van der Waals surface area contributed by atoms with Crippen molar-refractivity contribution in [3.63, 3.8) is 0 Å². The van der Waals surface area contributed by atoms with Crippen molar-refractivity contribution < 1.29 is 14.3 Å². The minimum absolute atomic E-state index is 0.0922. The number of esters is 1. The van der Waals surface area contributed by atoms with Gasteiger partial charge in [0, 0.05) is 48.7 Å². The quantitative estimate of drug-likeness (QED) is 0.0946. The number of ether oxygens (including phenoxy) is 1. The molecule has 0 spiro atoms. The first-order valence-electron chi connectivity index (χ1n) is 10.8. The summed E-state index contributed by atoms with van der Waals surface area (Å²) < 4.78 is 6.08. The number of ketones is 1. The normalized spacial score (nSPS) is 13.0. The second-order valence-electron chi connectivity index (χ2n) is 7.64. The van der Waals surface area contributed by atoms with Crippen molar-refractivity contribution in [1.29, 1.82) is 0 Å². The van der Waals surface area contributed by atoms with Crippen molar-refractivity contribution in [2.24, 2.45) is 21.0 Å². The number of halogens is 1. The van der Waals surface area contributed by atoms with Gasteiger partial charge in [-0.1, -0.05) is 39.0 Å². The number of nitrogens with zero attached hydrogens (tertiary/aromatic N) is 3. The van der Waals surface area contributed by atoms with Crippen LogP contribution in [0.1, 0.15) is 58.8 Å². The predicted octanol–water partition coefficient (Wildman–Crippen LogP) is 5.75. The fourth-order valence-electron chi connectivity index (χ4n) is 2.23. The number of nitrogens with one attached hydrogen (secondary N) is 1. The van der Waals surface area contributed by atoms with Crippen molar-refractivity contribution in [1.82, 2.24) is 5.43 Å². The highest BCUT2D eigenvalue weighted by Gasteiger charge is 2.09. The average molecular weight is 493 g/mol. The molecule has 0 atom stereocenters. The Morgan fingerprint density at radius 1 is 1.24 bits per heavy atom. The van der Waals surface area contributed by atoms with Gasteiger partial charge in [0.15, 0.2) is 11.6 Å². The van der Waals surface area contributed by atoms with Crippen molar-refractivity contribution in [2.75, 3.05) is 6.54 Å². The summed E-state index contributed by atoms with van der Waals surface area (Å²) in [6.45, 7) is 13.5. The third-order valence-electron chi connectivity index (χ3n) is 4.22. The summed E-state index contributed by atoms with van der Waals surface area (Å²) in [7, 11) is 0. The Kier molecular flexibility index (Phi) is 13.2. The van der Waals surface area contributed by atoms with Crippen LogP contribution in [0.5, 0.6) is 0 Å². The first-order valence-corrected chi connectivity index (χ1v) is 12.0. The molecule has 0 unspecified atom stereocenters. The lowest BCUT2D eigenvalue weighted by atomic mass is 10.2. The standard InChI is InChI=1S/C24H33ClN4O3S/c1-7-23(31)32-22(29-28-13-12-20-9-10-21(25)33-20)11-8-17(4)15-27-24(18(5)19(6)30)26-14-16(2)3/h9-10,14-16,28H,4,7-8,11-13H2,1-3,5-6H3/b24-18-,26-14?,27-15?,29-22-. The number of aliphatic imine (C=N–C) groups is 2. The van der Waals surface area contributed by atoms with Gasteiger partial charge in [0.05, 0.1) is 4.34 Å². The Morgan fingerprint density at radius 2 is 1.97 bits per heavy atom. The van der Waals surface area contributed by atoms with Gasteiger partial charge in [-0.05, 0) is 43.9 Å². The monoisotopic (exact) mass is 492 g/mol. The van der Waals surface area contributed by atoms with E-state index in [-0.39, 0.29) is 30.0 Å². The molecule has 33 heavy (non-hydrogen) atoms. The highest BCUT2D eigenvalue weighted by atomic mass is 35.5. The van der Waals surface area contributed by atoms with Crippen LogP contribution in [0.25, 0.3) is 0 Å². The van der Waals surface area contributed by atoms with Crippen LogP contribution in [0.15, 0.2) is 50.8 Å². The number of Topliss-reactive ketones (excluding diaryl/α,β-unsaturated/α-hetero) is 1. The van der Waals surface area contributed by atoms with Gasteiger partial charge in [-0.3, -0.25) is 9.59 Å². The molecular weight excluding hydrogens is 460 g/mol. The molecule has 0 fully saturated rings. The van der Waals surface area contributed by atoms with Crippen molar-refractivity contribution in [3.05, 3.63) is 44.9 Å². The van der Waals surface area contributed by atoms with Crippen molar-refractivity contribution in [3.8, 4) is 0 Å². The molecule has 0 saturated heterocycles. The van der Waals surface area contributed by atoms with Gasteiger partial charge in [0.1, 0.15) is 0 Å². The van der Waals surface area contributed by atoms with Crippen molar-refractivity contribution in [2.45, 2.75) is 60.3 Å². The fraction of sp³-hybridized carbons (Fsp3) is 0.458. The second kappa shape index (κ2) is 15.3. The van der Waals surface area contributed by atoms with Crippen LogP contribution >= 0.6 is 22.9 Å². The van der Waals surface area contributed by atoms with E-state index in [0.29, 0.717) is 36.4 Å². The number of carbonyl (C=O) groups excluding carboxylic acids is 2. The van der Waals surface area contributed by atoms with Gasteiger partial charge in [-0.25, -0.2) is 9.98 Å². The van der Waals surface area contributed by atoms with Crippen molar-refractivity contribution >= 4 is 53.0 Å².